The van der Waals surface area contributed by atoms with E-state index < -0.39 is 23.7 Å². The smallest absolute Gasteiger partial charge is 0.319 e. The molecule has 1 amide bonds. The summed E-state index contributed by atoms with van der Waals surface area (Å²) in [6.45, 7) is 0.381. The number of hydrogen-bond donors (Lipinski definition) is 1. The average Bonchev–Trinajstić information content (AvgIpc) is 2.81. The molecule has 9 heteroatoms. The van der Waals surface area contributed by atoms with Crippen LogP contribution in [0.5, 0.6) is 11.5 Å². The maximum absolute atomic E-state index is 12.9. The first-order chi connectivity index (χ1) is 15.5. The lowest BCUT2D eigenvalue weighted by Crippen LogP contribution is -2.44. The number of carbonyl (C=O) groups excluding carboxylic acids is 2. The summed E-state index contributed by atoms with van der Waals surface area (Å²) in [4.78, 5) is 25.4. The van der Waals surface area contributed by atoms with Crippen molar-refractivity contribution < 1.29 is 23.8 Å². The van der Waals surface area contributed by atoms with Gasteiger partial charge in [0.25, 0.3) is 0 Å². The molecule has 0 bridgehead atoms. The number of para-hydroxylation sites is 1. The Morgan fingerprint density at radius 3 is 2.59 bits per heavy atom. The van der Waals surface area contributed by atoms with Crippen LogP contribution in [-0.4, -0.2) is 38.5 Å². The summed E-state index contributed by atoms with van der Waals surface area (Å²) in [6.07, 6.45) is 0. The molecule has 0 spiro atoms. The van der Waals surface area contributed by atoms with E-state index in [2.05, 4.69) is 27.3 Å². The molecule has 0 unspecified atom stereocenters. The van der Waals surface area contributed by atoms with Crippen molar-refractivity contribution in [1.82, 2.24) is 5.32 Å². The average molecular weight is 517 g/mol. The van der Waals surface area contributed by atoms with E-state index in [9.17, 15) is 14.9 Å². The zero-order valence-corrected chi connectivity index (χ0v) is 19.9. The molecule has 1 aliphatic rings. The summed E-state index contributed by atoms with van der Waals surface area (Å²) in [5.74, 6) is -1.36. The number of amides is 1. The van der Waals surface area contributed by atoms with Crippen molar-refractivity contribution in [3.8, 4) is 17.6 Å². The van der Waals surface area contributed by atoms with Crippen molar-refractivity contribution in [2.75, 3.05) is 26.6 Å². The molecule has 0 saturated heterocycles. The van der Waals surface area contributed by atoms with Gasteiger partial charge in [-0.15, -0.1) is 11.8 Å². The quantitative estimate of drug-likeness (QED) is 0.321. The minimum atomic E-state index is -1.18. The molecule has 1 N–H and O–H groups in total. The molecule has 0 aromatic heterocycles. The molecule has 2 aromatic rings. The van der Waals surface area contributed by atoms with E-state index in [-0.39, 0.29) is 0 Å². The lowest BCUT2D eigenvalue weighted by molar-refractivity contribution is -0.150. The topological polar surface area (TPSA) is 97.7 Å². The van der Waals surface area contributed by atoms with Crippen molar-refractivity contribution in [3.05, 3.63) is 69.2 Å². The zero-order valence-electron chi connectivity index (χ0n) is 17.5. The van der Waals surface area contributed by atoms with Crippen LogP contribution in [0.1, 0.15) is 11.5 Å². The molecule has 7 nitrogen and oxygen atoms in total. The summed E-state index contributed by atoms with van der Waals surface area (Å²) in [5, 5.41) is 13.1. The SMILES string of the molecule is COC(=O)[C@@H]1C(=O)NC(SCCOc2ccccc2)=C(C#N)[C@@H]1c1ccc(OC)c(Br)c1. The number of rotatable bonds is 8. The van der Waals surface area contributed by atoms with E-state index in [0.29, 0.717) is 38.7 Å². The number of nitrogens with zero attached hydrogens (tertiary/aromatic N) is 1. The van der Waals surface area contributed by atoms with Crippen molar-refractivity contribution in [3.63, 3.8) is 0 Å². The van der Waals surface area contributed by atoms with Crippen LogP contribution in [0.2, 0.25) is 0 Å². The first kappa shape index (κ1) is 23.7. The molecule has 32 heavy (non-hydrogen) atoms. The number of esters is 1. The number of halogens is 1. The van der Waals surface area contributed by atoms with Gasteiger partial charge in [0, 0.05) is 11.7 Å². The fourth-order valence-electron chi connectivity index (χ4n) is 3.38. The predicted molar refractivity (Wildman–Crippen MR) is 124 cm³/mol. The van der Waals surface area contributed by atoms with Gasteiger partial charge in [-0.2, -0.15) is 5.26 Å². The van der Waals surface area contributed by atoms with Crippen molar-refractivity contribution in [2.24, 2.45) is 5.92 Å². The molecule has 1 aliphatic heterocycles. The molecule has 2 atom stereocenters. The van der Waals surface area contributed by atoms with Crippen molar-refractivity contribution >= 4 is 39.6 Å². The third-order valence-corrected chi connectivity index (χ3v) is 6.46. The van der Waals surface area contributed by atoms with Gasteiger partial charge in [0.05, 0.1) is 42.0 Å². The van der Waals surface area contributed by atoms with Gasteiger partial charge < -0.3 is 19.5 Å². The Bertz CT molecular complexity index is 1070. The number of nitriles is 1. The third-order valence-electron chi connectivity index (χ3n) is 4.86. The van der Waals surface area contributed by atoms with Crippen molar-refractivity contribution in [1.29, 1.82) is 5.26 Å². The minimum absolute atomic E-state index is 0.293. The van der Waals surface area contributed by atoms with E-state index in [1.54, 1.807) is 18.2 Å². The summed E-state index contributed by atoms with van der Waals surface area (Å²) < 4.78 is 16.5. The molecule has 0 saturated carbocycles. The second-order valence-electron chi connectivity index (χ2n) is 6.73. The molecular formula is C23H21BrN2O5S. The number of allylic oxidation sites excluding steroid dienone is 1. The largest absolute Gasteiger partial charge is 0.496 e. The second-order valence-corrected chi connectivity index (χ2v) is 8.69. The van der Waals surface area contributed by atoms with Crippen LogP contribution < -0.4 is 14.8 Å². The Morgan fingerprint density at radius 1 is 1.22 bits per heavy atom. The molecule has 1 heterocycles. The van der Waals surface area contributed by atoms with Crippen LogP contribution in [0, 0.1) is 17.2 Å². The van der Waals surface area contributed by atoms with Crippen LogP contribution in [-0.2, 0) is 14.3 Å². The highest BCUT2D eigenvalue weighted by atomic mass is 79.9. The van der Waals surface area contributed by atoms with E-state index in [4.69, 9.17) is 14.2 Å². The van der Waals surface area contributed by atoms with Gasteiger partial charge in [0.1, 0.15) is 17.4 Å². The number of ether oxygens (including phenoxy) is 3. The van der Waals surface area contributed by atoms with E-state index >= 15 is 0 Å². The molecule has 3 rings (SSSR count). The zero-order chi connectivity index (χ0) is 23.1. The van der Waals surface area contributed by atoms with Crippen LogP contribution in [0.4, 0.5) is 0 Å². The first-order valence-corrected chi connectivity index (χ1v) is 11.4. The summed E-state index contributed by atoms with van der Waals surface area (Å²) in [7, 11) is 2.76. The third kappa shape index (κ3) is 5.26. The second kappa shape index (κ2) is 11.1. The Labute approximate surface area is 198 Å². The highest BCUT2D eigenvalue weighted by molar-refractivity contribution is 9.10. The van der Waals surface area contributed by atoms with E-state index in [1.807, 2.05) is 30.3 Å². The van der Waals surface area contributed by atoms with E-state index in [1.165, 1.54) is 26.0 Å². The highest BCUT2D eigenvalue weighted by Gasteiger charge is 2.44. The van der Waals surface area contributed by atoms with E-state index in [0.717, 1.165) is 5.75 Å². The molecule has 0 fully saturated rings. The normalized spacial score (nSPS) is 17.9. The predicted octanol–water partition coefficient (Wildman–Crippen LogP) is 4.01. The van der Waals surface area contributed by atoms with Gasteiger partial charge in [-0.1, -0.05) is 24.3 Å². The monoisotopic (exact) mass is 516 g/mol. The van der Waals surface area contributed by atoms with Crippen LogP contribution >= 0.6 is 27.7 Å². The Morgan fingerprint density at radius 2 is 1.97 bits per heavy atom. The minimum Gasteiger partial charge on any atom is -0.496 e. The van der Waals surface area contributed by atoms with Crippen LogP contribution in [0.15, 0.2) is 63.6 Å². The van der Waals surface area contributed by atoms with Crippen molar-refractivity contribution in [2.45, 2.75) is 5.92 Å². The lowest BCUT2D eigenvalue weighted by Gasteiger charge is -2.31. The number of benzene rings is 2. The number of thioether (sulfide) groups is 1. The fraction of sp³-hybridized carbons (Fsp3) is 0.261. The Balaban J connectivity index is 1.89. The maximum Gasteiger partial charge on any atom is 0.319 e. The lowest BCUT2D eigenvalue weighted by atomic mass is 9.78. The first-order valence-electron chi connectivity index (χ1n) is 9.67. The Kier molecular flexibility index (Phi) is 8.20. The molecule has 0 aliphatic carbocycles. The summed E-state index contributed by atoms with van der Waals surface area (Å²) in [5.41, 5.74) is 0.917. The molecule has 0 radical (unpaired) electrons. The van der Waals surface area contributed by atoms with Crippen LogP contribution in [0.3, 0.4) is 0 Å². The fourth-order valence-corrected chi connectivity index (χ4v) is 4.81. The highest BCUT2D eigenvalue weighted by Crippen LogP contribution is 2.42. The van der Waals surface area contributed by atoms with Crippen LogP contribution in [0.25, 0.3) is 0 Å². The summed E-state index contributed by atoms with van der Waals surface area (Å²) in [6, 6.07) is 16.8. The number of carbonyl (C=O) groups is 2. The Hall–Kier alpha value is -2.96. The van der Waals surface area contributed by atoms with Gasteiger partial charge in [-0.3, -0.25) is 9.59 Å². The summed E-state index contributed by atoms with van der Waals surface area (Å²) >= 11 is 4.73. The standard InChI is InChI=1S/C23H21BrN2O5S/c1-29-18-9-8-14(12-17(18)24)19-16(13-25)22(26-21(27)20(19)23(28)30-2)32-11-10-31-15-6-4-3-5-7-15/h3-9,12,19-20H,10-11H2,1-2H3,(H,26,27)/t19-,20-/m0/s1. The molecule has 166 valence electrons. The van der Waals surface area contributed by atoms with Gasteiger partial charge in [-0.25, -0.2) is 0 Å². The van der Waals surface area contributed by atoms with Gasteiger partial charge >= 0.3 is 5.97 Å². The van der Waals surface area contributed by atoms with Gasteiger partial charge in [-0.05, 0) is 45.8 Å². The number of methoxy groups -OCH3 is 2. The molecular weight excluding hydrogens is 496 g/mol. The number of nitrogens with one attached hydrogen (secondary N) is 1. The molecule has 2 aromatic carbocycles. The van der Waals surface area contributed by atoms with Gasteiger partial charge in [0.15, 0.2) is 0 Å². The maximum atomic E-state index is 12.9. The van der Waals surface area contributed by atoms with Gasteiger partial charge in [0.2, 0.25) is 5.91 Å². The number of hydrogen-bond acceptors (Lipinski definition) is 7.